The van der Waals surface area contributed by atoms with Gasteiger partial charge in [0.25, 0.3) is 5.56 Å². The molecule has 0 radical (unpaired) electrons. The first-order chi connectivity index (χ1) is 16.0. The van der Waals surface area contributed by atoms with Crippen LogP contribution in [-0.2, 0) is 4.79 Å². The van der Waals surface area contributed by atoms with Gasteiger partial charge < -0.3 is 9.47 Å². The van der Waals surface area contributed by atoms with Gasteiger partial charge in [-0.05, 0) is 72.2 Å². The Morgan fingerprint density at radius 2 is 2.00 bits per heavy atom. The standard InChI is InChI=1S/C25H26IN3O4/c1-3-32-22-14-17(13-20(26)23(22)33-16(2)30)15-27-29-24(18-9-5-4-6-10-18)28-21-12-8-7-11-19(21)25(29)31/h7-8,11-15,18H,3-6,9-10H2,1-2H3. The summed E-state index contributed by atoms with van der Waals surface area (Å²) >= 11 is 2.10. The third kappa shape index (κ3) is 5.26. The molecule has 0 saturated heterocycles. The third-order valence-corrected chi connectivity index (χ3v) is 6.45. The minimum Gasteiger partial charge on any atom is -0.490 e. The molecule has 1 aliphatic rings. The molecule has 0 unspecified atom stereocenters. The zero-order valence-corrected chi connectivity index (χ0v) is 20.9. The molecule has 1 heterocycles. The van der Waals surface area contributed by atoms with E-state index in [4.69, 9.17) is 14.5 Å². The Kier molecular flexibility index (Phi) is 7.42. The van der Waals surface area contributed by atoms with Gasteiger partial charge in [-0.15, -0.1) is 0 Å². The lowest BCUT2D eigenvalue weighted by Crippen LogP contribution is -2.25. The molecule has 172 valence electrons. The predicted octanol–water partition coefficient (Wildman–Crippen LogP) is 5.26. The monoisotopic (exact) mass is 559 g/mol. The lowest BCUT2D eigenvalue weighted by Gasteiger charge is -2.22. The number of benzene rings is 2. The SMILES string of the molecule is CCOc1cc(C=Nn2c(C3CCCCC3)nc3ccccc3c2=O)cc(I)c1OC(C)=O. The molecule has 1 aromatic heterocycles. The molecule has 33 heavy (non-hydrogen) atoms. The van der Waals surface area contributed by atoms with Crippen LogP contribution in [0.2, 0.25) is 0 Å². The number of carbonyl (C=O) groups excluding carboxylic acids is 1. The van der Waals surface area contributed by atoms with Gasteiger partial charge in [0, 0.05) is 12.8 Å². The van der Waals surface area contributed by atoms with Crippen LogP contribution in [0.3, 0.4) is 0 Å². The lowest BCUT2D eigenvalue weighted by atomic mass is 9.88. The minimum absolute atomic E-state index is 0.173. The summed E-state index contributed by atoms with van der Waals surface area (Å²) in [6.45, 7) is 3.64. The second-order valence-corrected chi connectivity index (χ2v) is 9.20. The van der Waals surface area contributed by atoms with Crippen LogP contribution in [0.5, 0.6) is 11.5 Å². The Labute approximate surface area is 206 Å². The summed E-state index contributed by atoms with van der Waals surface area (Å²) in [6, 6.07) is 11.0. The third-order valence-electron chi connectivity index (χ3n) is 5.65. The Morgan fingerprint density at radius 1 is 1.24 bits per heavy atom. The molecule has 0 atom stereocenters. The Bertz CT molecular complexity index is 1260. The molecule has 0 bridgehead atoms. The molecule has 0 N–H and O–H groups in total. The van der Waals surface area contributed by atoms with Gasteiger partial charge >= 0.3 is 5.97 Å². The summed E-state index contributed by atoms with van der Waals surface area (Å²) in [7, 11) is 0. The first-order valence-electron chi connectivity index (χ1n) is 11.2. The molecule has 7 nitrogen and oxygen atoms in total. The smallest absolute Gasteiger partial charge is 0.308 e. The number of carbonyl (C=O) groups is 1. The van der Waals surface area contributed by atoms with Crippen LogP contribution in [0.15, 0.2) is 46.3 Å². The van der Waals surface area contributed by atoms with Crippen LogP contribution in [-0.4, -0.2) is 28.5 Å². The molecule has 1 aliphatic carbocycles. The van der Waals surface area contributed by atoms with E-state index in [1.165, 1.54) is 18.0 Å². The van der Waals surface area contributed by atoms with E-state index >= 15 is 0 Å². The van der Waals surface area contributed by atoms with Gasteiger partial charge in [0.1, 0.15) is 5.82 Å². The number of esters is 1. The van der Waals surface area contributed by atoms with E-state index in [-0.39, 0.29) is 11.5 Å². The summed E-state index contributed by atoms with van der Waals surface area (Å²) in [5.74, 6) is 1.35. The molecule has 0 aliphatic heterocycles. The van der Waals surface area contributed by atoms with Gasteiger partial charge in [-0.1, -0.05) is 31.4 Å². The van der Waals surface area contributed by atoms with Gasteiger partial charge in [-0.25, -0.2) is 4.98 Å². The number of nitrogens with zero attached hydrogens (tertiary/aromatic N) is 3. The van der Waals surface area contributed by atoms with E-state index in [2.05, 4.69) is 27.7 Å². The molecular formula is C25H26IN3O4. The molecule has 4 rings (SSSR count). The van der Waals surface area contributed by atoms with Crippen molar-refractivity contribution in [2.45, 2.75) is 51.9 Å². The average Bonchev–Trinajstić information content (AvgIpc) is 2.81. The zero-order chi connectivity index (χ0) is 23.4. The fraction of sp³-hybridized carbons (Fsp3) is 0.360. The van der Waals surface area contributed by atoms with Crippen LogP contribution >= 0.6 is 22.6 Å². The van der Waals surface area contributed by atoms with Crippen LogP contribution in [0.4, 0.5) is 0 Å². The zero-order valence-electron chi connectivity index (χ0n) is 18.7. The number of ether oxygens (including phenoxy) is 2. The molecule has 3 aromatic rings. The summed E-state index contributed by atoms with van der Waals surface area (Å²) < 4.78 is 13.2. The van der Waals surface area contributed by atoms with Crippen molar-refractivity contribution in [3.05, 3.63) is 61.7 Å². The summed E-state index contributed by atoms with van der Waals surface area (Å²) in [4.78, 5) is 29.7. The van der Waals surface area contributed by atoms with E-state index in [0.29, 0.717) is 38.4 Å². The molecule has 2 aromatic carbocycles. The first kappa shape index (κ1) is 23.4. The topological polar surface area (TPSA) is 82.8 Å². The van der Waals surface area contributed by atoms with E-state index < -0.39 is 5.97 Å². The van der Waals surface area contributed by atoms with Crippen molar-refractivity contribution in [2.24, 2.45) is 5.10 Å². The van der Waals surface area contributed by atoms with Crippen molar-refractivity contribution in [1.29, 1.82) is 0 Å². The van der Waals surface area contributed by atoms with Crippen molar-refractivity contribution < 1.29 is 14.3 Å². The molecule has 0 amide bonds. The van der Waals surface area contributed by atoms with Crippen LogP contribution in [0.1, 0.15) is 63.3 Å². The van der Waals surface area contributed by atoms with Crippen LogP contribution in [0.25, 0.3) is 10.9 Å². The summed E-state index contributed by atoms with van der Waals surface area (Å²) in [5, 5.41) is 5.13. The van der Waals surface area contributed by atoms with E-state index in [9.17, 15) is 9.59 Å². The molecule has 1 saturated carbocycles. The maximum atomic E-state index is 13.4. The van der Waals surface area contributed by atoms with Crippen LogP contribution in [0, 0.1) is 3.57 Å². The molecule has 0 spiro atoms. The van der Waals surface area contributed by atoms with Crippen molar-refractivity contribution in [1.82, 2.24) is 9.66 Å². The number of rotatable bonds is 6. The highest BCUT2D eigenvalue weighted by Crippen LogP contribution is 2.34. The highest BCUT2D eigenvalue weighted by atomic mass is 127. The van der Waals surface area contributed by atoms with E-state index in [1.54, 1.807) is 18.3 Å². The normalized spacial score (nSPS) is 14.6. The Balaban J connectivity index is 1.79. The highest BCUT2D eigenvalue weighted by molar-refractivity contribution is 14.1. The fourth-order valence-electron chi connectivity index (χ4n) is 4.17. The van der Waals surface area contributed by atoms with Crippen molar-refractivity contribution in [2.75, 3.05) is 6.61 Å². The van der Waals surface area contributed by atoms with E-state index in [0.717, 1.165) is 31.2 Å². The average molecular weight is 559 g/mol. The van der Waals surface area contributed by atoms with Gasteiger partial charge in [0.15, 0.2) is 11.5 Å². The highest BCUT2D eigenvalue weighted by Gasteiger charge is 2.22. The molecular weight excluding hydrogens is 533 g/mol. The van der Waals surface area contributed by atoms with Crippen LogP contribution < -0.4 is 15.0 Å². The lowest BCUT2D eigenvalue weighted by molar-refractivity contribution is -0.132. The van der Waals surface area contributed by atoms with Gasteiger partial charge in [0.2, 0.25) is 0 Å². The fourth-order valence-corrected chi connectivity index (χ4v) is 4.91. The van der Waals surface area contributed by atoms with E-state index in [1.807, 2.05) is 31.2 Å². The first-order valence-corrected chi connectivity index (χ1v) is 12.3. The van der Waals surface area contributed by atoms with Crippen molar-refractivity contribution in [3.63, 3.8) is 0 Å². The molecule has 1 fully saturated rings. The Hall–Kier alpha value is -2.75. The summed E-state index contributed by atoms with van der Waals surface area (Å²) in [5.41, 5.74) is 1.26. The maximum absolute atomic E-state index is 13.4. The minimum atomic E-state index is -0.416. The van der Waals surface area contributed by atoms with Gasteiger partial charge in [-0.3, -0.25) is 9.59 Å². The predicted molar refractivity (Wildman–Crippen MR) is 136 cm³/mol. The number of halogens is 1. The summed E-state index contributed by atoms with van der Waals surface area (Å²) in [6.07, 6.45) is 7.11. The molecule has 8 heteroatoms. The number of hydrogen-bond acceptors (Lipinski definition) is 6. The quantitative estimate of drug-likeness (QED) is 0.178. The van der Waals surface area contributed by atoms with Crippen molar-refractivity contribution in [3.8, 4) is 11.5 Å². The number of para-hydroxylation sites is 1. The second kappa shape index (κ2) is 10.5. The largest absolute Gasteiger partial charge is 0.490 e. The second-order valence-electron chi connectivity index (χ2n) is 8.04. The number of fused-ring (bicyclic) bond motifs is 1. The number of aromatic nitrogens is 2. The number of hydrogen-bond donors (Lipinski definition) is 0. The van der Waals surface area contributed by atoms with Gasteiger partial charge in [-0.2, -0.15) is 9.78 Å². The Morgan fingerprint density at radius 3 is 2.73 bits per heavy atom. The van der Waals surface area contributed by atoms with Gasteiger partial charge in [0.05, 0.1) is 27.3 Å². The maximum Gasteiger partial charge on any atom is 0.308 e. The van der Waals surface area contributed by atoms with Crippen molar-refractivity contribution >= 4 is 45.7 Å².